The monoisotopic (exact) mass is 565 g/mol. The summed E-state index contributed by atoms with van der Waals surface area (Å²) in [7, 11) is 0. The Morgan fingerprint density at radius 1 is 1.18 bits per heavy atom. The zero-order chi connectivity index (χ0) is 28.5. The summed E-state index contributed by atoms with van der Waals surface area (Å²) in [5.41, 5.74) is 6.21. The number of aryl methyl sites for hydroxylation is 1. The van der Waals surface area contributed by atoms with E-state index in [2.05, 4.69) is 10.6 Å². The first-order valence-electron chi connectivity index (χ1n) is 11.6. The van der Waals surface area contributed by atoms with Crippen LogP contribution < -0.4 is 16.4 Å². The molecule has 0 spiro atoms. The van der Waals surface area contributed by atoms with Crippen molar-refractivity contribution in [1.82, 2.24) is 10.6 Å². The number of aliphatic carboxylic acids is 2. The van der Waals surface area contributed by atoms with Gasteiger partial charge in [-0.05, 0) is 24.8 Å². The molecular formula is C23H30F3N3O8S. The first-order valence-corrected chi connectivity index (χ1v) is 12.7. The van der Waals surface area contributed by atoms with Gasteiger partial charge in [0.15, 0.2) is 0 Å². The molecule has 1 heterocycles. The maximum Gasteiger partial charge on any atom is 0.443 e. The molecule has 1 aliphatic heterocycles. The zero-order valence-electron chi connectivity index (χ0n) is 20.1. The van der Waals surface area contributed by atoms with Crippen LogP contribution in [0.25, 0.3) is 0 Å². The van der Waals surface area contributed by atoms with Crippen LogP contribution in [0, 0.1) is 0 Å². The minimum absolute atomic E-state index is 0.134. The van der Waals surface area contributed by atoms with Crippen molar-refractivity contribution in [3.8, 4) is 0 Å². The number of hydrogen-bond acceptors (Lipinski definition) is 8. The molecule has 15 heteroatoms. The molecule has 0 saturated carbocycles. The molecule has 1 aromatic rings. The van der Waals surface area contributed by atoms with Crippen molar-refractivity contribution in [1.29, 1.82) is 0 Å². The third-order valence-corrected chi connectivity index (χ3v) is 7.21. The first-order chi connectivity index (χ1) is 17.7. The molecule has 1 aliphatic rings. The molecule has 0 aliphatic carbocycles. The van der Waals surface area contributed by atoms with E-state index < -0.39 is 72.1 Å². The van der Waals surface area contributed by atoms with E-state index >= 15 is 0 Å². The van der Waals surface area contributed by atoms with Gasteiger partial charge >= 0.3 is 18.1 Å². The SMILES string of the molecule is N[C@@H](CCC(=O)N[C@H](CSC1CC(O)(C(F)(F)F)OC1CCc1ccccc1)C(=O)NCC(=O)O)C(=O)O. The molecular weight excluding hydrogens is 535 g/mol. The predicted octanol–water partition coefficient (Wildman–Crippen LogP) is 0.639. The number of thioether (sulfide) groups is 1. The molecule has 2 rings (SSSR count). The molecule has 0 radical (unpaired) electrons. The van der Waals surface area contributed by atoms with Gasteiger partial charge in [0.1, 0.15) is 18.6 Å². The Bertz CT molecular complexity index is 984. The number of aliphatic hydroxyl groups is 1. The second kappa shape index (κ2) is 13.8. The molecule has 5 atom stereocenters. The van der Waals surface area contributed by atoms with Crippen LogP contribution in [0.4, 0.5) is 13.2 Å². The Morgan fingerprint density at radius 2 is 1.84 bits per heavy atom. The van der Waals surface area contributed by atoms with Crippen LogP contribution in [0.5, 0.6) is 0 Å². The smallest absolute Gasteiger partial charge is 0.443 e. The van der Waals surface area contributed by atoms with Gasteiger partial charge in [-0.1, -0.05) is 30.3 Å². The van der Waals surface area contributed by atoms with Gasteiger partial charge in [0.05, 0.1) is 6.10 Å². The van der Waals surface area contributed by atoms with E-state index in [1.165, 1.54) is 0 Å². The van der Waals surface area contributed by atoms with E-state index in [4.69, 9.17) is 20.7 Å². The number of carboxylic acids is 2. The highest BCUT2D eigenvalue weighted by atomic mass is 32.2. The molecule has 212 valence electrons. The molecule has 1 aromatic carbocycles. The number of carbonyl (C=O) groups is 4. The van der Waals surface area contributed by atoms with Crippen LogP contribution in [0.2, 0.25) is 0 Å². The van der Waals surface area contributed by atoms with E-state index in [-0.39, 0.29) is 25.0 Å². The number of carboxylic acid groups (broad SMARTS) is 2. The quantitative estimate of drug-likeness (QED) is 0.187. The molecule has 0 bridgehead atoms. The number of benzene rings is 1. The Morgan fingerprint density at radius 3 is 2.42 bits per heavy atom. The molecule has 0 aromatic heterocycles. The third kappa shape index (κ3) is 9.45. The fourth-order valence-corrected chi connectivity index (χ4v) is 5.12. The minimum atomic E-state index is -5.07. The van der Waals surface area contributed by atoms with Gasteiger partial charge in [-0.3, -0.25) is 19.2 Å². The Balaban J connectivity index is 2.11. The topological polar surface area (TPSA) is 188 Å². The van der Waals surface area contributed by atoms with Gasteiger partial charge in [0, 0.05) is 23.8 Å². The molecule has 11 nitrogen and oxygen atoms in total. The van der Waals surface area contributed by atoms with Crippen LogP contribution >= 0.6 is 11.8 Å². The average molecular weight is 566 g/mol. The zero-order valence-corrected chi connectivity index (χ0v) is 21.0. The summed E-state index contributed by atoms with van der Waals surface area (Å²) in [4.78, 5) is 46.5. The van der Waals surface area contributed by atoms with Crippen LogP contribution in [-0.2, 0) is 30.3 Å². The number of hydrogen-bond donors (Lipinski definition) is 6. The molecule has 3 unspecified atom stereocenters. The van der Waals surface area contributed by atoms with E-state index in [1.807, 2.05) is 0 Å². The maximum absolute atomic E-state index is 13.5. The second-order valence-electron chi connectivity index (χ2n) is 8.75. The molecule has 1 fully saturated rings. The second-order valence-corrected chi connectivity index (χ2v) is 10.0. The lowest BCUT2D eigenvalue weighted by Gasteiger charge is -2.25. The predicted molar refractivity (Wildman–Crippen MR) is 129 cm³/mol. The highest BCUT2D eigenvalue weighted by molar-refractivity contribution is 8.00. The lowest BCUT2D eigenvalue weighted by Crippen LogP contribution is -2.50. The van der Waals surface area contributed by atoms with Gasteiger partial charge in [-0.2, -0.15) is 24.9 Å². The number of ether oxygens (including phenoxy) is 1. The maximum atomic E-state index is 13.5. The minimum Gasteiger partial charge on any atom is -0.480 e. The van der Waals surface area contributed by atoms with Gasteiger partial charge < -0.3 is 36.4 Å². The van der Waals surface area contributed by atoms with Crippen LogP contribution in [0.15, 0.2) is 30.3 Å². The highest BCUT2D eigenvalue weighted by Gasteiger charge is 2.62. The van der Waals surface area contributed by atoms with Gasteiger partial charge in [-0.25, -0.2) is 0 Å². The highest BCUT2D eigenvalue weighted by Crippen LogP contribution is 2.46. The molecule has 7 N–H and O–H groups in total. The number of halogens is 3. The number of carbonyl (C=O) groups excluding carboxylic acids is 2. The van der Waals surface area contributed by atoms with Crippen molar-refractivity contribution in [3.05, 3.63) is 35.9 Å². The average Bonchev–Trinajstić information content (AvgIpc) is 3.19. The van der Waals surface area contributed by atoms with Gasteiger partial charge in [-0.15, -0.1) is 0 Å². The van der Waals surface area contributed by atoms with Gasteiger partial charge in [0.2, 0.25) is 11.8 Å². The van der Waals surface area contributed by atoms with E-state index in [0.717, 1.165) is 17.3 Å². The normalized spacial score (nSPS) is 22.9. The number of nitrogens with two attached hydrogens (primary N) is 1. The van der Waals surface area contributed by atoms with Crippen LogP contribution in [-0.4, -0.2) is 86.8 Å². The number of alkyl halides is 3. The van der Waals surface area contributed by atoms with Crippen molar-refractivity contribution in [2.24, 2.45) is 5.73 Å². The summed E-state index contributed by atoms with van der Waals surface area (Å²) in [6, 6.07) is 6.24. The standard InChI is InChI=1S/C23H30F3N3O8S/c24-23(25,26)22(36)10-17(16(37-22)8-6-13-4-2-1-3-5-13)38-12-15(20(33)28-11-19(31)32)29-18(30)9-7-14(27)21(34)35/h1-5,14-17,36H,6-12,27H2,(H,28,33)(H,29,30)(H,31,32)(H,34,35)/t14-,15+,16?,17?,22?/m0/s1. The summed E-state index contributed by atoms with van der Waals surface area (Å²) in [6.07, 6.45) is -7.03. The molecule has 1 saturated heterocycles. The van der Waals surface area contributed by atoms with Crippen molar-refractivity contribution in [2.75, 3.05) is 12.3 Å². The fourth-order valence-electron chi connectivity index (χ4n) is 3.69. The summed E-state index contributed by atoms with van der Waals surface area (Å²) < 4.78 is 45.6. The van der Waals surface area contributed by atoms with E-state index in [1.54, 1.807) is 30.3 Å². The van der Waals surface area contributed by atoms with Gasteiger partial charge in [0.25, 0.3) is 5.79 Å². The number of rotatable bonds is 14. The third-order valence-electron chi connectivity index (χ3n) is 5.78. The van der Waals surface area contributed by atoms with E-state index in [0.29, 0.717) is 6.42 Å². The number of nitrogens with one attached hydrogen (secondary N) is 2. The fraction of sp³-hybridized carbons (Fsp3) is 0.565. The van der Waals surface area contributed by atoms with Crippen LogP contribution in [0.1, 0.15) is 31.2 Å². The molecule has 38 heavy (non-hydrogen) atoms. The lowest BCUT2D eigenvalue weighted by atomic mass is 10.0. The summed E-state index contributed by atoms with van der Waals surface area (Å²) in [6.45, 7) is -0.764. The summed E-state index contributed by atoms with van der Waals surface area (Å²) in [5, 5.41) is 31.3. The molecule has 2 amide bonds. The Hall–Kier alpha value is -2.88. The van der Waals surface area contributed by atoms with Crippen LogP contribution in [0.3, 0.4) is 0 Å². The Labute approximate surface area is 220 Å². The van der Waals surface area contributed by atoms with E-state index in [9.17, 15) is 37.5 Å². The van der Waals surface area contributed by atoms with Crippen molar-refractivity contribution < 1.29 is 52.4 Å². The largest absolute Gasteiger partial charge is 0.480 e. The summed E-state index contributed by atoms with van der Waals surface area (Å²) in [5.74, 6) is -8.00. The van der Waals surface area contributed by atoms with Crippen molar-refractivity contribution in [3.63, 3.8) is 0 Å². The first kappa shape index (κ1) is 31.3. The van der Waals surface area contributed by atoms with Crippen molar-refractivity contribution >= 4 is 35.5 Å². The number of amides is 2. The lowest BCUT2D eigenvalue weighted by molar-refractivity contribution is -0.357. The van der Waals surface area contributed by atoms with Crippen molar-refractivity contribution in [2.45, 2.75) is 67.5 Å². The Kier molecular flexibility index (Phi) is 11.4. The summed E-state index contributed by atoms with van der Waals surface area (Å²) >= 11 is 0.861.